The fraction of sp³-hybridized carbons (Fsp3) is 0.462. The third-order valence-electron chi connectivity index (χ3n) is 2.70. The van der Waals surface area contributed by atoms with Crippen LogP contribution in [0.3, 0.4) is 0 Å². The second-order valence-electron chi connectivity index (χ2n) is 4.57. The summed E-state index contributed by atoms with van der Waals surface area (Å²) in [6.07, 6.45) is 1.36. The highest BCUT2D eigenvalue weighted by atomic mass is 32.2. The van der Waals surface area contributed by atoms with Crippen LogP contribution < -0.4 is 11.1 Å². The molecule has 1 aromatic rings. The number of amides is 1. The quantitative estimate of drug-likeness (QED) is 0.778. The molecule has 0 unspecified atom stereocenters. The topological polar surface area (TPSA) is 89.3 Å². The zero-order valence-electron chi connectivity index (χ0n) is 11.3. The molecule has 0 aromatic heterocycles. The van der Waals surface area contributed by atoms with Crippen molar-refractivity contribution in [3.05, 3.63) is 23.8 Å². The first-order chi connectivity index (χ1) is 8.84. The van der Waals surface area contributed by atoms with Gasteiger partial charge in [0.25, 0.3) is 0 Å². The summed E-state index contributed by atoms with van der Waals surface area (Å²) in [5.74, 6) is -0.960. The summed E-state index contributed by atoms with van der Waals surface area (Å²) >= 11 is 0. The van der Waals surface area contributed by atoms with Gasteiger partial charge in [0, 0.05) is 11.4 Å². The van der Waals surface area contributed by atoms with E-state index in [0.29, 0.717) is 17.8 Å². The zero-order valence-corrected chi connectivity index (χ0v) is 12.1. The maximum absolute atomic E-state index is 11.7. The largest absolute Gasteiger partial charge is 0.399 e. The molecule has 106 valence electrons. The van der Waals surface area contributed by atoms with Gasteiger partial charge in [-0.3, -0.25) is 4.79 Å². The summed E-state index contributed by atoms with van der Waals surface area (Å²) < 4.78 is 23.3. The Morgan fingerprint density at radius 3 is 2.68 bits per heavy atom. The van der Waals surface area contributed by atoms with E-state index in [0.717, 1.165) is 12.0 Å². The van der Waals surface area contributed by atoms with E-state index in [4.69, 9.17) is 5.73 Å². The van der Waals surface area contributed by atoms with Gasteiger partial charge >= 0.3 is 0 Å². The Labute approximate surface area is 114 Å². The van der Waals surface area contributed by atoms with Crippen molar-refractivity contribution in [2.75, 3.05) is 22.6 Å². The molecule has 0 heterocycles. The highest BCUT2D eigenvalue weighted by Gasteiger charge is 2.16. The number of carbonyl (C=O) groups is 1. The van der Waals surface area contributed by atoms with Crippen LogP contribution in [0, 0.1) is 6.92 Å². The van der Waals surface area contributed by atoms with Crippen LogP contribution in [0.25, 0.3) is 0 Å². The van der Waals surface area contributed by atoms with Crippen molar-refractivity contribution in [2.45, 2.75) is 26.7 Å². The third kappa shape index (κ3) is 5.30. The van der Waals surface area contributed by atoms with Crippen molar-refractivity contribution in [1.82, 2.24) is 0 Å². The summed E-state index contributed by atoms with van der Waals surface area (Å²) in [6, 6.07) is 5.12. The molecule has 0 aliphatic heterocycles. The lowest BCUT2D eigenvalue weighted by molar-refractivity contribution is -0.113. The highest BCUT2D eigenvalue weighted by molar-refractivity contribution is 7.92. The van der Waals surface area contributed by atoms with E-state index in [1.807, 2.05) is 13.8 Å². The average molecular weight is 284 g/mol. The summed E-state index contributed by atoms with van der Waals surface area (Å²) in [5.41, 5.74) is 7.54. The van der Waals surface area contributed by atoms with Gasteiger partial charge in [0.05, 0.1) is 5.75 Å². The van der Waals surface area contributed by atoms with Crippen LogP contribution in [0.2, 0.25) is 0 Å². The molecule has 0 aliphatic rings. The average Bonchev–Trinajstić information content (AvgIpc) is 2.30. The summed E-state index contributed by atoms with van der Waals surface area (Å²) in [5, 5.41) is 2.59. The van der Waals surface area contributed by atoms with Crippen LogP contribution >= 0.6 is 0 Å². The molecule has 0 bridgehead atoms. The number of hydrogen-bond acceptors (Lipinski definition) is 4. The number of aryl methyl sites for hydroxylation is 1. The van der Waals surface area contributed by atoms with Crippen molar-refractivity contribution < 1.29 is 13.2 Å². The van der Waals surface area contributed by atoms with Gasteiger partial charge in [-0.25, -0.2) is 8.42 Å². The normalized spacial score (nSPS) is 11.3. The predicted octanol–water partition coefficient (Wildman–Crippen LogP) is 1.73. The van der Waals surface area contributed by atoms with Crippen LogP contribution in [-0.4, -0.2) is 25.8 Å². The number of hydrogen-bond donors (Lipinski definition) is 2. The van der Waals surface area contributed by atoms with Crippen molar-refractivity contribution in [1.29, 1.82) is 0 Å². The fourth-order valence-corrected chi connectivity index (χ4v) is 2.94. The van der Waals surface area contributed by atoms with E-state index in [1.165, 1.54) is 0 Å². The number of nitrogens with one attached hydrogen (secondary N) is 1. The van der Waals surface area contributed by atoms with Crippen LogP contribution in [0.15, 0.2) is 18.2 Å². The van der Waals surface area contributed by atoms with Gasteiger partial charge in [0.1, 0.15) is 5.75 Å². The van der Waals surface area contributed by atoms with E-state index < -0.39 is 21.5 Å². The number of nitrogen functional groups attached to an aromatic ring is 1. The van der Waals surface area contributed by atoms with Gasteiger partial charge in [0.2, 0.25) is 5.91 Å². The molecule has 1 rings (SSSR count). The Morgan fingerprint density at radius 2 is 2.05 bits per heavy atom. The Kier molecular flexibility index (Phi) is 5.35. The molecule has 0 saturated carbocycles. The maximum Gasteiger partial charge on any atom is 0.239 e. The highest BCUT2D eigenvalue weighted by Crippen LogP contribution is 2.18. The minimum atomic E-state index is -3.33. The van der Waals surface area contributed by atoms with E-state index in [1.54, 1.807) is 18.2 Å². The van der Waals surface area contributed by atoms with Gasteiger partial charge in [-0.15, -0.1) is 0 Å². The number of unbranched alkanes of at least 4 members (excludes halogenated alkanes) is 1. The number of rotatable bonds is 6. The molecule has 19 heavy (non-hydrogen) atoms. The maximum atomic E-state index is 11.7. The predicted molar refractivity (Wildman–Crippen MR) is 77.8 cm³/mol. The molecule has 6 heteroatoms. The minimum absolute atomic E-state index is 0.0484. The van der Waals surface area contributed by atoms with Gasteiger partial charge in [-0.1, -0.05) is 19.4 Å². The Hall–Kier alpha value is -1.56. The monoisotopic (exact) mass is 284 g/mol. The molecule has 0 spiro atoms. The Bertz CT molecular complexity index is 553. The lowest BCUT2D eigenvalue weighted by Gasteiger charge is -2.09. The third-order valence-corrected chi connectivity index (χ3v) is 4.31. The van der Waals surface area contributed by atoms with Crippen LogP contribution in [0.1, 0.15) is 25.3 Å². The molecule has 0 radical (unpaired) electrons. The number of benzene rings is 1. The molecular weight excluding hydrogens is 264 g/mol. The SMILES string of the molecule is CCCCS(=O)(=O)CC(=O)Nc1cc(N)ccc1C. The van der Waals surface area contributed by atoms with E-state index in [-0.39, 0.29) is 5.75 Å². The van der Waals surface area contributed by atoms with Crippen molar-refractivity contribution >= 4 is 27.1 Å². The van der Waals surface area contributed by atoms with Gasteiger partial charge in [0.15, 0.2) is 9.84 Å². The van der Waals surface area contributed by atoms with Gasteiger partial charge < -0.3 is 11.1 Å². The minimum Gasteiger partial charge on any atom is -0.399 e. The molecule has 0 atom stereocenters. The Balaban J connectivity index is 2.68. The Morgan fingerprint density at radius 1 is 1.37 bits per heavy atom. The molecule has 1 amide bonds. The second kappa shape index (κ2) is 6.56. The first-order valence-corrected chi connectivity index (χ1v) is 8.02. The van der Waals surface area contributed by atoms with Crippen LogP contribution in [0.5, 0.6) is 0 Å². The molecule has 0 fully saturated rings. The molecular formula is C13H20N2O3S. The zero-order chi connectivity index (χ0) is 14.5. The molecule has 5 nitrogen and oxygen atoms in total. The van der Waals surface area contributed by atoms with Gasteiger partial charge in [-0.2, -0.15) is 0 Å². The fourth-order valence-electron chi connectivity index (χ4n) is 1.60. The lowest BCUT2D eigenvalue weighted by atomic mass is 10.2. The van der Waals surface area contributed by atoms with Crippen molar-refractivity contribution in [3.63, 3.8) is 0 Å². The molecule has 0 saturated heterocycles. The van der Waals surface area contributed by atoms with Crippen LogP contribution in [0.4, 0.5) is 11.4 Å². The van der Waals surface area contributed by atoms with Crippen molar-refractivity contribution in [3.8, 4) is 0 Å². The molecule has 1 aromatic carbocycles. The first-order valence-electron chi connectivity index (χ1n) is 6.20. The number of sulfone groups is 1. The summed E-state index contributed by atoms with van der Waals surface area (Å²) in [7, 11) is -3.33. The molecule has 0 aliphatic carbocycles. The first kappa shape index (κ1) is 15.5. The number of anilines is 2. The summed E-state index contributed by atoms with van der Waals surface area (Å²) in [6.45, 7) is 3.73. The smallest absolute Gasteiger partial charge is 0.239 e. The van der Waals surface area contributed by atoms with Crippen molar-refractivity contribution in [2.24, 2.45) is 0 Å². The van der Waals surface area contributed by atoms with E-state index in [2.05, 4.69) is 5.32 Å². The van der Waals surface area contributed by atoms with E-state index >= 15 is 0 Å². The van der Waals surface area contributed by atoms with Gasteiger partial charge in [-0.05, 0) is 31.0 Å². The number of carbonyl (C=O) groups excluding carboxylic acids is 1. The summed E-state index contributed by atoms with van der Waals surface area (Å²) in [4.78, 5) is 11.7. The molecule has 3 N–H and O–H groups in total. The standard InChI is InChI=1S/C13H20N2O3S/c1-3-4-7-19(17,18)9-13(16)15-12-8-11(14)6-5-10(12)2/h5-6,8H,3-4,7,9,14H2,1-2H3,(H,15,16). The van der Waals surface area contributed by atoms with Crippen LogP contribution in [-0.2, 0) is 14.6 Å². The van der Waals surface area contributed by atoms with E-state index in [9.17, 15) is 13.2 Å². The lowest BCUT2D eigenvalue weighted by Crippen LogP contribution is -2.25. The second-order valence-corrected chi connectivity index (χ2v) is 6.75. The number of nitrogens with two attached hydrogens (primary N) is 1.